The summed E-state index contributed by atoms with van der Waals surface area (Å²) in [6.45, 7) is 11.4. The van der Waals surface area contributed by atoms with Gasteiger partial charge in [-0.2, -0.15) is 0 Å². The molecule has 0 aliphatic carbocycles. The fourth-order valence-electron chi connectivity index (χ4n) is 4.81. The molecule has 0 saturated heterocycles. The van der Waals surface area contributed by atoms with Crippen molar-refractivity contribution in [2.75, 3.05) is 0 Å². The minimum Gasteiger partial charge on any atom is -0.457 e. The van der Waals surface area contributed by atoms with Gasteiger partial charge in [-0.15, -0.1) is 0 Å². The summed E-state index contributed by atoms with van der Waals surface area (Å²) in [6, 6.07) is 5.72. The van der Waals surface area contributed by atoms with Crippen molar-refractivity contribution in [2.45, 2.75) is 92.3 Å². The molecule has 0 radical (unpaired) electrons. The van der Waals surface area contributed by atoms with Gasteiger partial charge in [-0.05, 0) is 56.2 Å². The summed E-state index contributed by atoms with van der Waals surface area (Å²) >= 11 is 0. The highest BCUT2D eigenvalue weighted by atomic mass is 16.5. The zero-order valence-electron chi connectivity index (χ0n) is 21.4. The van der Waals surface area contributed by atoms with Gasteiger partial charge < -0.3 is 14.3 Å². The van der Waals surface area contributed by atoms with Crippen molar-refractivity contribution in [3.05, 3.63) is 41.3 Å². The summed E-state index contributed by atoms with van der Waals surface area (Å²) in [7, 11) is 0. The van der Waals surface area contributed by atoms with E-state index >= 15 is 0 Å². The van der Waals surface area contributed by atoms with Crippen molar-refractivity contribution in [3.63, 3.8) is 0 Å². The van der Waals surface area contributed by atoms with Crippen LogP contribution in [0.4, 0.5) is 0 Å². The van der Waals surface area contributed by atoms with E-state index in [-0.39, 0.29) is 24.1 Å². The Morgan fingerprint density at radius 3 is 2.59 bits per heavy atom. The summed E-state index contributed by atoms with van der Waals surface area (Å²) in [6.07, 6.45) is 4.76. The molecule has 1 aromatic carbocycles. The Morgan fingerprint density at radius 2 is 1.85 bits per heavy atom. The van der Waals surface area contributed by atoms with E-state index in [2.05, 4.69) is 18.0 Å². The van der Waals surface area contributed by atoms with Crippen LogP contribution in [0.1, 0.15) is 90.7 Å². The first-order valence-electron chi connectivity index (χ1n) is 12.4. The number of ether oxygens (including phenoxy) is 1. The molecule has 3 rings (SSSR count). The van der Waals surface area contributed by atoms with Crippen LogP contribution in [0.25, 0.3) is 11.1 Å². The number of cyclic esters (lactones) is 1. The highest BCUT2D eigenvalue weighted by molar-refractivity contribution is 5.87. The third-order valence-electron chi connectivity index (χ3n) is 7.21. The van der Waals surface area contributed by atoms with Crippen molar-refractivity contribution in [3.8, 4) is 0 Å². The van der Waals surface area contributed by atoms with E-state index in [4.69, 9.17) is 9.15 Å². The number of benzene rings is 1. The largest absolute Gasteiger partial charge is 0.457 e. The number of aromatic nitrogens is 1. The fraction of sp³-hybridized carbons (Fsp3) is 0.607. The smallest absolute Gasteiger partial charge is 0.306 e. The van der Waals surface area contributed by atoms with E-state index in [1.54, 1.807) is 6.92 Å². The molecule has 2 aromatic rings. The number of carbonyl (C=O) groups is 2. The minimum absolute atomic E-state index is 0.00879. The number of carbonyl (C=O) groups excluding carboxylic acids is 2. The molecular weight excluding hydrogens is 430 g/mol. The molecule has 0 saturated carbocycles. The normalized spacial score (nSPS) is 29.4. The molecule has 4 atom stereocenters. The summed E-state index contributed by atoms with van der Waals surface area (Å²) in [5, 5.41) is 10.8. The third kappa shape index (κ3) is 6.35. The molecule has 6 nitrogen and oxygen atoms in total. The Balaban J connectivity index is 1.87. The number of aryl methyl sites for hydroxylation is 1. The van der Waals surface area contributed by atoms with E-state index in [1.165, 1.54) is 5.57 Å². The first kappa shape index (κ1) is 26.1. The first-order chi connectivity index (χ1) is 16.0. The lowest BCUT2D eigenvalue weighted by Gasteiger charge is -2.31. The lowest BCUT2D eigenvalue weighted by atomic mass is 9.74. The number of nitrogens with zero attached hydrogens (tertiary/aromatic N) is 1. The zero-order valence-corrected chi connectivity index (χ0v) is 21.4. The number of aliphatic hydroxyl groups excluding tert-OH is 1. The van der Waals surface area contributed by atoms with Crippen molar-refractivity contribution in [1.29, 1.82) is 0 Å². The molecule has 6 heteroatoms. The zero-order chi connectivity index (χ0) is 25.0. The Labute approximate surface area is 202 Å². The number of hydrogen-bond donors (Lipinski definition) is 1. The number of fused-ring (bicyclic) bond motifs is 1. The number of oxazole rings is 1. The number of Topliss-reactive ketones (excluding diaryl/α,β-unsaturated/α-hetero) is 1. The minimum atomic E-state index is -0.724. The maximum Gasteiger partial charge on any atom is 0.306 e. The predicted octanol–water partition coefficient (Wildman–Crippen LogP) is 6.25. The molecule has 1 aliphatic heterocycles. The van der Waals surface area contributed by atoms with Gasteiger partial charge in [0, 0.05) is 31.1 Å². The summed E-state index contributed by atoms with van der Waals surface area (Å²) in [4.78, 5) is 30.4. The van der Waals surface area contributed by atoms with Gasteiger partial charge in [-0.1, -0.05) is 45.4 Å². The standard InChI is InChI=1S/C28H39NO5/c1-17-8-7-9-18(2)26(31)19(3)27(32)28(5,6)15-14-25(30)34-23(13-10-17)21-11-12-22-24(16-21)33-20(4)29-22/h10-12,16,18-19,23,26,31H,7-9,13-15H2,1-6H3/b17-10-/t18-,19+,23?,26?/m0/s1. The van der Waals surface area contributed by atoms with Crippen LogP contribution in [-0.2, 0) is 14.3 Å². The van der Waals surface area contributed by atoms with Crippen molar-refractivity contribution in [1.82, 2.24) is 4.98 Å². The van der Waals surface area contributed by atoms with Crippen LogP contribution >= 0.6 is 0 Å². The summed E-state index contributed by atoms with van der Waals surface area (Å²) < 4.78 is 11.6. The van der Waals surface area contributed by atoms with Gasteiger partial charge in [-0.25, -0.2) is 4.98 Å². The highest BCUT2D eigenvalue weighted by Crippen LogP contribution is 2.33. The van der Waals surface area contributed by atoms with Crippen molar-refractivity contribution in [2.24, 2.45) is 17.3 Å². The SMILES string of the molecule is C/C1=C/CC(c2ccc3nc(C)oc3c2)OC(=O)CCC(C)(C)C(=O)[C@H](C)C(O)[C@@H](C)CCC1. The molecule has 2 heterocycles. The molecule has 34 heavy (non-hydrogen) atoms. The molecule has 186 valence electrons. The van der Waals surface area contributed by atoms with Gasteiger partial charge in [0.2, 0.25) is 0 Å². The maximum atomic E-state index is 13.1. The predicted molar refractivity (Wildman–Crippen MR) is 132 cm³/mol. The van der Waals surface area contributed by atoms with Gasteiger partial charge in [0.25, 0.3) is 0 Å². The van der Waals surface area contributed by atoms with Gasteiger partial charge in [0.05, 0.1) is 6.10 Å². The molecule has 1 N–H and O–H groups in total. The van der Waals surface area contributed by atoms with E-state index < -0.39 is 23.5 Å². The van der Waals surface area contributed by atoms with Gasteiger partial charge in [-0.3, -0.25) is 9.59 Å². The number of ketones is 1. The number of rotatable bonds is 1. The monoisotopic (exact) mass is 469 g/mol. The van der Waals surface area contributed by atoms with Gasteiger partial charge in [0.15, 0.2) is 11.5 Å². The van der Waals surface area contributed by atoms with E-state index in [0.29, 0.717) is 24.3 Å². The average molecular weight is 470 g/mol. The van der Waals surface area contributed by atoms with Gasteiger partial charge >= 0.3 is 5.97 Å². The molecule has 0 bridgehead atoms. The molecule has 0 amide bonds. The van der Waals surface area contributed by atoms with Crippen molar-refractivity contribution < 1.29 is 23.8 Å². The Bertz CT molecular complexity index is 1050. The number of allylic oxidation sites excluding steroid dienone is 1. The first-order valence-corrected chi connectivity index (χ1v) is 12.4. The number of aliphatic hydroxyl groups is 1. The van der Waals surface area contributed by atoms with Crippen LogP contribution in [0.5, 0.6) is 0 Å². The van der Waals surface area contributed by atoms with Gasteiger partial charge in [0.1, 0.15) is 17.4 Å². The van der Waals surface area contributed by atoms with Crippen LogP contribution in [-0.4, -0.2) is 27.9 Å². The van der Waals surface area contributed by atoms with E-state index in [0.717, 1.165) is 30.3 Å². The molecule has 1 aliphatic rings. The Hall–Kier alpha value is -2.47. The second-order valence-corrected chi connectivity index (χ2v) is 10.6. The van der Waals surface area contributed by atoms with Crippen LogP contribution < -0.4 is 0 Å². The number of esters is 1. The lowest BCUT2D eigenvalue weighted by molar-refractivity contribution is -0.150. The van der Waals surface area contributed by atoms with Crippen LogP contribution in [0, 0.1) is 24.2 Å². The molecular formula is C28H39NO5. The summed E-state index contributed by atoms with van der Waals surface area (Å²) in [5.74, 6) is -0.191. The van der Waals surface area contributed by atoms with E-state index in [1.807, 2.05) is 45.9 Å². The molecule has 0 fully saturated rings. The Kier molecular flexibility index (Phi) is 8.34. The average Bonchev–Trinajstić information content (AvgIpc) is 3.17. The molecule has 0 spiro atoms. The summed E-state index contributed by atoms with van der Waals surface area (Å²) in [5.41, 5.74) is 2.81. The number of hydrogen-bond acceptors (Lipinski definition) is 6. The van der Waals surface area contributed by atoms with Crippen LogP contribution in [0.3, 0.4) is 0 Å². The van der Waals surface area contributed by atoms with Crippen LogP contribution in [0.2, 0.25) is 0 Å². The fourth-order valence-corrected chi connectivity index (χ4v) is 4.81. The second kappa shape index (κ2) is 10.9. The molecule has 1 aromatic heterocycles. The topological polar surface area (TPSA) is 89.6 Å². The molecule has 2 unspecified atom stereocenters. The second-order valence-electron chi connectivity index (χ2n) is 10.6. The third-order valence-corrected chi connectivity index (χ3v) is 7.21. The quantitative estimate of drug-likeness (QED) is 0.392. The van der Waals surface area contributed by atoms with Crippen molar-refractivity contribution >= 4 is 22.9 Å². The van der Waals surface area contributed by atoms with E-state index in [9.17, 15) is 14.7 Å². The maximum absolute atomic E-state index is 13.1. The Morgan fingerprint density at radius 1 is 1.12 bits per heavy atom. The lowest BCUT2D eigenvalue weighted by Crippen LogP contribution is -2.39. The highest BCUT2D eigenvalue weighted by Gasteiger charge is 2.37. The van der Waals surface area contributed by atoms with Crippen LogP contribution in [0.15, 0.2) is 34.3 Å².